The molecule has 0 aromatic heterocycles. The SMILES string of the molecule is CCC(C)CC(CC)Nc1ccc(C#N)cc1OC. The smallest absolute Gasteiger partial charge is 0.143 e. The highest BCUT2D eigenvalue weighted by molar-refractivity contribution is 5.59. The molecule has 1 rings (SSSR count). The average molecular weight is 260 g/mol. The molecule has 0 fully saturated rings. The maximum absolute atomic E-state index is 8.90. The molecule has 19 heavy (non-hydrogen) atoms. The van der Waals surface area contributed by atoms with E-state index in [2.05, 4.69) is 32.2 Å². The lowest BCUT2D eigenvalue weighted by Crippen LogP contribution is -2.21. The van der Waals surface area contributed by atoms with Crippen molar-refractivity contribution in [2.45, 2.75) is 46.1 Å². The van der Waals surface area contributed by atoms with Gasteiger partial charge in [-0.15, -0.1) is 0 Å². The van der Waals surface area contributed by atoms with Crippen molar-refractivity contribution in [3.05, 3.63) is 23.8 Å². The number of ether oxygens (including phenoxy) is 1. The van der Waals surface area contributed by atoms with Gasteiger partial charge in [0, 0.05) is 12.1 Å². The molecule has 0 amide bonds. The van der Waals surface area contributed by atoms with Crippen molar-refractivity contribution in [3.63, 3.8) is 0 Å². The third-order valence-corrected chi connectivity index (χ3v) is 3.57. The molecule has 0 aliphatic rings. The molecule has 1 aromatic carbocycles. The summed E-state index contributed by atoms with van der Waals surface area (Å²) in [4.78, 5) is 0. The van der Waals surface area contributed by atoms with Gasteiger partial charge in [0.15, 0.2) is 0 Å². The molecule has 104 valence electrons. The van der Waals surface area contributed by atoms with Crippen LogP contribution < -0.4 is 10.1 Å². The lowest BCUT2D eigenvalue weighted by molar-refractivity contribution is 0.413. The zero-order valence-corrected chi connectivity index (χ0v) is 12.4. The van der Waals surface area contributed by atoms with Crippen LogP contribution in [0.3, 0.4) is 0 Å². The topological polar surface area (TPSA) is 45.0 Å². The van der Waals surface area contributed by atoms with E-state index in [0.717, 1.165) is 24.3 Å². The van der Waals surface area contributed by atoms with Gasteiger partial charge in [0.1, 0.15) is 5.75 Å². The Hall–Kier alpha value is -1.69. The highest BCUT2D eigenvalue weighted by Crippen LogP contribution is 2.27. The van der Waals surface area contributed by atoms with Crippen LogP contribution in [0.2, 0.25) is 0 Å². The van der Waals surface area contributed by atoms with Gasteiger partial charge in [-0.2, -0.15) is 5.26 Å². The van der Waals surface area contributed by atoms with E-state index in [-0.39, 0.29) is 0 Å². The Balaban J connectivity index is 2.82. The molecular formula is C16H24N2O. The van der Waals surface area contributed by atoms with Crippen molar-refractivity contribution in [1.82, 2.24) is 0 Å². The van der Waals surface area contributed by atoms with E-state index < -0.39 is 0 Å². The number of nitrogens with zero attached hydrogens (tertiary/aromatic N) is 1. The fraction of sp³-hybridized carbons (Fsp3) is 0.562. The Morgan fingerprint density at radius 2 is 2.05 bits per heavy atom. The maximum atomic E-state index is 8.90. The summed E-state index contributed by atoms with van der Waals surface area (Å²) in [5, 5.41) is 12.4. The van der Waals surface area contributed by atoms with Crippen molar-refractivity contribution in [2.24, 2.45) is 5.92 Å². The van der Waals surface area contributed by atoms with Crippen LogP contribution in [-0.2, 0) is 0 Å². The van der Waals surface area contributed by atoms with Gasteiger partial charge >= 0.3 is 0 Å². The summed E-state index contributed by atoms with van der Waals surface area (Å²) in [7, 11) is 1.64. The molecule has 1 N–H and O–H groups in total. The lowest BCUT2D eigenvalue weighted by atomic mass is 9.97. The van der Waals surface area contributed by atoms with E-state index >= 15 is 0 Å². The average Bonchev–Trinajstić information content (AvgIpc) is 2.46. The van der Waals surface area contributed by atoms with Crippen LogP contribution in [0.1, 0.15) is 45.6 Å². The molecule has 2 unspecified atom stereocenters. The van der Waals surface area contributed by atoms with Gasteiger partial charge in [-0.1, -0.05) is 27.2 Å². The molecule has 0 aliphatic carbocycles. The van der Waals surface area contributed by atoms with Crippen molar-refractivity contribution in [2.75, 3.05) is 12.4 Å². The summed E-state index contributed by atoms with van der Waals surface area (Å²) in [5.74, 6) is 1.45. The molecule has 3 heteroatoms. The molecule has 0 aliphatic heterocycles. The summed E-state index contributed by atoms with van der Waals surface area (Å²) in [6.45, 7) is 6.69. The van der Waals surface area contributed by atoms with E-state index in [1.165, 1.54) is 6.42 Å². The number of methoxy groups -OCH3 is 1. The molecule has 0 radical (unpaired) electrons. The minimum atomic E-state index is 0.441. The van der Waals surface area contributed by atoms with E-state index in [0.29, 0.717) is 17.5 Å². The number of nitrogens with one attached hydrogen (secondary N) is 1. The summed E-state index contributed by atoms with van der Waals surface area (Å²) < 4.78 is 5.35. The van der Waals surface area contributed by atoms with Crippen LogP contribution in [0.25, 0.3) is 0 Å². The van der Waals surface area contributed by atoms with Crippen LogP contribution in [0.5, 0.6) is 5.75 Å². The molecule has 1 aromatic rings. The summed E-state index contributed by atoms with van der Waals surface area (Å²) in [6, 6.07) is 8.09. The first-order valence-corrected chi connectivity index (χ1v) is 6.99. The van der Waals surface area contributed by atoms with Gasteiger partial charge in [0.25, 0.3) is 0 Å². The van der Waals surface area contributed by atoms with Crippen LogP contribution in [0.4, 0.5) is 5.69 Å². The second-order valence-electron chi connectivity index (χ2n) is 5.03. The summed E-state index contributed by atoms with van der Waals surface area (Å²) >= 11 is 0. The monoisotopic (exact) mass is 260 g/mol. The molecule has 0 spiro atoms. The zero-order chi connectivity index (χ0) is 14.3. The van der Waals surface area contributed by atoms with Gasteiger partial charge in [0.2, 0.25) is 0 Å². The second-order valence-corrected chi connectivity index (χ2v) is 5.03. The Morgan fingerprint density at radius 3 is 2.58 bits per heavy atom. The highest BCUT2D eigenvalue weighted by atomic mass is 16.5. The second kappa shape index (κ2) is 7.68. The Morgan fingerprint density at radius 1 is 1.32 bits per heavy atom. The van der Waals surface area contributed by atoms with Gasteiger partial charge in [-0.25, -0.2) is 0 Å². The van der Waals surface area contributed by atoms with Gasteiger partial charge < -0.3 is 10.1 Å². The Kier molecular flexibility index (Phi) is 6.21. The molecule has 0 bridgehead atoms. The van der Waals surface area contributed by atoms with Crippen LogP contribution in [-0.4, -0.2) is 13.2 Å². The molecule has 0 heterocycles. The third-order valence-electron chi connectivity index (χ3n) is 3.57. The predicted molar refractivity (Wildman–Crippen MR) is 79.5 cm³/mol. The molecular weight excluding hydrogens is 236 g/mol. The first-order chi connectivity index (χ1) is 9.14. The number of hydrogen-bond acceptors (Lipinski definition) is 3. The maximum Gasteiger partial charge on any atom is 0.143 e. The number of rotatable bonds is 7. The Labute approximate surface area is 116 Å². The van der Waals surface area contributed by atoms with Crippen molar-refractivity contribution in [1.29, 1.82) is 5.26 Å². The number of hydrogen-bond donors (Lipinski definition) is 1. The fourth-order valence-electron chi connectivity index (χ4n) is 2.08. The van der Waals surface area contributed by atoms with Crippen molar-refractivity contribution >= 4 is 5.69 Å². The van der Waals surface area contributed by atoms with Gasteiger partial charge in [-0.3, -0.25) is 0 Å². The van der Waals surface area contributed by atoms with Crippen LogP contribution >= 0.6 is 0 Å². The largest absolute Gasteiger partial charge is 0.495 e. The van der Waals surface area contributed by atoms with Gasteiger partial charge in [-0.05, 0) is 30.9 Å². The standard InChI is InChI=1S/C16H24N2O/c1-5-12(3)9-14(6-2)18-15-8-7-13(11-17)10-16(15)19-4/h7-8,10,12,14,18H,5-6,9H2,1-4H3. The minimum absolute atomic E-state index is 0.441. The minimum Gasteiger partial charge on any atom is -0.495 e. The number of anilines is 1. The van der Waals surface area contributed by atoms with Crippen molar-refractivity contribution < 1.29 is 4.74 Å². The molecule has 0 saturated heterocycles. The number of nitriles is 1. The zero-order valence-electron chi connectivity index (χ0n) is 12.4. The third kappa shape index (κ3) is 4.48. The van der Waals surface area contributed by atoms with E-state index in [9.17, 15) is 0 Å². The highest BCUT2D eigenvalue weighted by Gasteiger charge is 2.13. The first-order valence-electron chi connectivity index (χ1n) is 6.99. The quantitative estimate of drug-likeness (QED) is 0.799. The van der Waals surface area contributed by atoms with Crippen molar-refractivity contribution in [3.8, 4) is 11.8 Å². The Bertz CT molecular complexity index is 437. The molecule has 3 nitrogen and oxygen atoms in total. The van der Waals surface area contributed by atoms with Crippen LogP contribution in [0.15, 0.2) is 18.2 Å². The normalized spacial score (nSPS) is 13.4. The molecule has 2 atom stereocenters. The molecule has 0 saturated carbocycles. The predicted octanol–water partition coefficient (Wildman–Crippen LogP) is 4.19. The number of benzene rings is 1. The van der Waals surface area contributed by atoms with Gasteiger partial charge in [0.05, 0.1) is 24.4 Å². The van der Waals surface area contributed by atoms with E-state index in [4.69, 9.17) is 10.00 Å². The van der Waals surface area contributed by atoms with E-state index in [1.807, 2.05) is 12.1 Å². The summed E-state index contributed by atoms with van der Waals surface area (Å²) in [6.07, 6.45) is 3.42. The van der Waals surface area contributed by atoms with E-state index in [1.54, 1.807) is 13.2 Å². The lowest BCUT2D eigenvalue weighted by Gasteiger charge is -2.22. The first kappa shape index (κ1) is 15.4. The fourth-order valence-corrected chi connectivity index (χ4v) is 2.08. The summed E-state index contributed by atoms with van der Waals surface area (Å²) in [5.41, 5.74) is 1.59. The van der Waals surface area contributed by atoms with Crippen LogP contribution in [0, 0.1) is 17.2 Å².